The molecule has 0 radical (unpaired) electrons. The zero-order chi connectivity index (χ0) is 14.9. The van der Waals surface area contributed by atoms with E-state index in [-0.39, 0.29) is 11.2 Å². The summed E-state index contributed by atoms with van der Waals surface area (Å²) >= 11 is 1.56. The Balaban J connectivity index is 2.12. The summed E-state index contributed by atoms with van der Waals surface area (Å²) < 4.78 is 4.97. The van der Waals surface area contributed by atoms with Crippen LogP contribution in [-0.2, 0) is 9.53 Å². The molecule has 2 aromatic rings. The number of ether oxygens (including phenoxy) is 1. The van der Waals surface area contributed by atoms with E-state index in [1.165, 1.54) is 0 Å². The van der Waals surface area contributed by atoms with Crippen molar-refractivity contribution < 1.29 is 9.53 Å². The van der Waals surface area contributed by atoms with Gasteiger partial charge in [-0.05, 0) is 17.7 Å². The molecule has 0 fully saturated rings. The molecule has 0 saturated carbocycles. The smallest absolute Gasteiger partial charge is 0.238 e. The summed E-state index contributed by atoms with van der Waals surface area (Å²) in [4.78, 5) is 13.5. The number of hydrogen-bond donors (Lipinski definition) is 1. The van der Waals surface area contributed by atoms with E-state index >= 15 is 0 Å². The van der Waals surface area contributed by atoms with Crippen molar-refractivity contribution >= 4 is 17.7 Å². The largest absolute Gasteiger partial charge is 0.383 e. The van der Waals surface area contributed by atoms with E-state index in [0.717, 1.165) is 10.5 Å². The highest BCUT2D eigenvalue weighted by Crippen LogP contribution is 2.35. The highest BCUT2D eigenvalue weighted by Gasteiger charge is 2.21. The number of carbonyl (C=O) groups excluding carboxylic acids is 1. The standard InChI is InChI=1S/C17H19NO2S/c1-20-13-12-18-17(19)16(14-8-4-2-5-9-14)21-15-10-6-3-7-11-15/h2-11,16H,12-13H2,1H3,(H,18,19). The Morgan fingerprint density at radius 1 is 1.10 bits per heavy atom. The van der Waals surface area contributed by atoms with E-state index < -0.39 is 0 Å². The predicted molar refractivity (Wildman–Crippen MR) is 86.4 cm³/mol. The molecule has 0 spiro atoms. The maximum atomic E-state index is 12.4. The lowest BCUT2D eigenvalue weighted by Crippen LogP contribution is -2.30. The Morgan fingerprint density at radius 3 is 2.33 bits per heavy atom. The van der Waals surface area contributed by atoms with Gasteiger partial charge in [-0.15, -0.1) is 11.8 Å². The maximum Gasteiger partial charge on any atom is 0.238 e. The quantitative estimate of drug-likeness (QED) is 0.630. The SMILES string of the molecule is COCCNC(=O)C(Sc1ccccc1)c1ccccc1. The molecule has 0 aliphatic carbocycles. The molecule has 4 heteroatoms. The minimum absolute atomic E-state index is 0.00658. The Hall–Kier alpha value is -1.78. The van der Waals surface area contributed by atoms with Crippen molar-refractivity contribution in [3.05, 3.63) is 66.2 Å². The first-order chi connectivity index (χ1) is 10.3. The van der Waals surface area contributed by atoms with Gasteiger partial charge in [0.25, 0.3) is 0 Å². The fourth-order valence-electron chi connectivity index (χ4n) is 1.90. The van der Waals surface area contributed by atoms with Crippen LogP contribution in [0.2, 0.25) is 0 Å². The number of rotatable bonds is 7. The van der Waals surface area contributed by atoms with E-state index in [2.05, 4.69) is 5.32 Å². The Kier molecular flexibility index (Phi) is 6.31. The van der Waals surface area contributed by atoms with Gasteiger partial charge in [0.05, 0.1) is 6.61 Å². The number of methoxy groups -OCH3 is 1. The van der Waals surface area contributed by atoms with Crippen LogP contribution < -0.4 is 5.32 Å². The van der Waals surface area contributed by atoms with Crippen LogP contribution in [0.1, 0.15) is 10.8 Å². The lowest BCUT2D eigenvalue weighted by atomic mass is 10.1. The van der Waals surface area contributed by atoms with Crippen LogP contribution in [0.5, 0.6) is 0 Å². The van der Waals surface area contributed by atoms with Gasteiger partial charge >= 0.3 is 0 Å². The van der Waals surface area contributed by atoms with E-state index in [0.29, 0.717) is 13.2 Å². The molecule has 1 amide bonds. The van der Waals surface area contributed by atoms with Crippen LogP contribution in [0.3, 0.4) is 0 Å². The van der Waals surface area contributed by atoms with Crippen molar-refractivity contribution in [1.29, 1.82) is 0 Å². The number of nitrogens with one attached hydrogen (secondary N) is 1. The number of carbonyl (C=O) groups is 1. The first-order valence-corrected chi connectivity index (χ1v) is 7.72. The van der Waals surface area contributed by atoms with Gasteiger partial charge in [-0.2, -0.15) is 0 Å². The number of amides is 1. The average Bonchev–Trinajstić information content (AvgIpc) is 2.54. The molecular weight excluding hydrogens is 282 g/mol. The number of benzene rings is 2. The molecule has 0 aromatic heterocycles. The lowest BCUT2D eigenvalue weighted by molar-refractivity contribution is -0.120. The fraction of sp³-hybridized carbons (Fsp3) is 0.235. The average molecular weight is 301 g/mol. The van der Waals surface area contributed by atoms with Gasteiger partial charge in [0, 0.05) is 18.6 Å². The molecule has 0 bridgehead atoms. The van der Waals surface area contributed by atoms with Crippen LogP contribution in [0.25, 0.3) is 0 Å². The molecule has 21 heavy (non-hydrogen) atoms. The minimum Gasteiger partial charge on any atom is -0.383 e. The zero-order valence-electron chi connectivity index (χ0n) is 12.0. The van der Waals surface area contributed by atoms with Crippen molar-refractivity contribution in [3.63, 3.8) is 0 Å². The summed E-state index contributed by atoms with van der Waals surface area (Å²) in [5.74, 6) is 0.00658. The van der Waals surface area contributed by atoms with Gasteiger partial charge in [0.2, 0.25) is 5.91 Å². The molecule has 2 rings (SSSR count). The van der Waals surface area contributed by atoms with Crippen molar-refractivity contribution in [2.75, 3.05) is 20.3 Å². The van der Waals surface area contributed by atoms with E-state index in [9.17, 15) is 4.79 Å². The van der Waals surface area contributed by atoms with Gasteiger partial charge in [0.1, 0.15) is 5.25 Å². The molecule has 0 saturated heterocycles. The molecular formula is C17H19NO2S. The third kappa shape index (κ3) is 4.92. The van der Waals surface area contributed by atoms with Gasteiger partial charge in [-0.3, -0.25) is 4.79 Å². The molecule has 1 N–H and O–H groups in total. The second-order valence-electron chi connectivity index (χ2n) is 4.51. The third-order valence-corrected chi connectivity index (χ3v) is 4.21. The molecule has 0 aliphatic rings. The highest BCUT2D eigenvalue weighted by atomic mass is 32.2. The molecule has 110 valence electrons. The van der Waals surface area contributed by atoms with Gasteiger partial charge in [-0.1, -0.05) is 48.5 Å². The molecule has 0 heterocycles. The summed E-state index contributed by atoms with van der Waals surface area (Å²) in [6.45, 7) is 1.04. The second-order valence-corrected chi connectivity index (χ2v) is 5.68. The fourth-order valence-corrected chi connectivity index (χ4v) is 2.97. The van der Waals surface area contributed by atoms with Gasteiger partial charge in [0.15, 0.2) is 0 Å². The molecule has 0 aliphatic heterocycles. The molecule has 1 atom stereocenters. The normalized spacial score (nSPS) is 11.9. The first kappa shape index (κ1) is 15.6. The summed E-state index contributed by atoms with van der Waals surface area (Å²) in [5.41, 5.74) is 1.00. The topological polar surface area (TPSA) is 38.3 Å². The van der Waals surface area contributed by atoms with Gasteiger partial charge in [-0.25, -0.2) is 0 Å². The second kappa shape index (κ2) is 8.49. The Bertz CT molecular complexity index is 545. The zero-order valence-corrected chi connectivity index (χ0v) is 12.8. The lowest BCUT2D eigenvalue weighted by Gasteiger charge is -2.17. The molecule has 3 nitrogen and oxygen atoms in total. The van der Waals surface area contributed by atoms with Crippen molar-refractivity contribution in [2.24, 2.45) is 0 Å². The summed E-state index contributed by atoms with van der Waals surface area (Å²) in [7, 11) is 1.62. The molecule has 2 aromatic carbocycles. The van der Waals surface area contributed by atoms with Crippen LogP contribution in [0.4, 0.5) is 0 Å². The number of thioether (sulfide) groups is 1. The molecule has 1 unspecified atom stereocenters. The van der Waals surface area contributed by atoms with Crippen LogP contribution >= 0.6 is 11.8 Å². The third-order valence-electron chi connectivity index (χ3n) is 2.94. The monoisotopic (exact) mass is 301 g/mol. The van der Waals surface area contributed by atoms with Gasteiger partial charge < -0.3 is 10.1 Å². The van der Waals surface area contributed by atoms with E-state index in [1.54, 1.807) is 18.9 Å². The summed E-state index contributed by atoms with van der Waals surface area (Å²) in [6, 6.07) is 19.8. The first-order valence-electron chi connectivity index (χ1n) is 6.84. The van der Waals surface area contributed by atoms with E-state index in [1.807, 2.05) is 60.7 Å². The highest BCUT2D eigenvalue weighted by molar-refractivity contribution is 8.00. The van der Waals surface area contributed by atoms with Crippen LogP contribution in [-0.4, -0.2) is 26.2 Å². The summed E-state index contributed by atoms with van der Waals surface area (Å²) in [5, 5.41) is 2.66. The Morgan fingerprint density at radius 2 is 1.71 bits per heavy atom. The Labute approximate surface area is 129 Å². The minimum atomic E-state index is -0.259. The van der Waals surface area contributed by atoms with E-state index in [4.69, 9.17) is 4.74 Å². The van der Waals surface area contributed by atoms with Crippen molar-refractivity contribution in [3.8, 4) is 0 Å². The van der Waals surface area contributed by atoms with Crippen molar-refractivity contribution in [2.45, 2.75) is 10.1 Å². The van der Waals surface area contributed by atoms with Crippen LogP contribution in [0.15, 0.2) is 65.6 Å². The predicted octanol–water partition coefficient (Wildman–Crippen LogP) is 3.28. The maximum absolute atomic E-state index is 12.4. The van der Waals surface area contributed by atoms with Crippen LogP contribution in [0, 0.1) is 0 Å². The number of hydrogen-bond acceptors (Lipinski definition) is 3. The van der Waals surface area contributed by atoms with Crippen molar-refractivity contribution in [1.82, 2.24) is 5.32 Å². The summed E-state index contributed by atoms with van der Waals surface area (Å²) in [6.07, 6.45) is 0.